The smallest absolute Gasteiger partial charge is 0.220 e. The van der Waals surface area contributed by atoms with Crippen LogP contribution in [0.4, 0.5) is 4.39 Å². The van der Waals surface area contributed by atoms with Crippen LogP contribution in [0.15, 0.2) is 42.7 Å². The molecule has 1 rings (SSSR count). The Labute approximate surface area is 124 Å². The molecule has 0 radical (unpaired) electrons. The maximum atomic E-state index is 12.9. The Morgan fingerprint density at radius 3 is 2.38 bits per heavy atom. The van der Waals surface area contributed by atoms with E-state index in [9.17, 15) is 17.9 Å². The summed E-state index contributed by atoms with van der Waals surface area (Å²) in [6.07, 6.45) is 2.86. The van der Waals surface area contributed by atoms with Gasteiger partial charge in [-0.3, -0.25) is 0 Å². The van der Waals surface area contributed by atoms with E-state index < -0.39 is 20.6 Å². The Bertz CT molecular complexity index is 643. The molecule has 6 heteroatoms. The van der Waals surface area contributed by atoms with Gasteiger partial charge in [-0.2, -0.15) is 0 Å². The largest absolute Gasteiger partial charge is 0.458 e. The van der Waals surface area contributed by atoms with E-state index in [4.69, 9.17) is 4.74 Å². The fraction of sp³-hybridized carbons (Fsp3) is 0.333. The van der Waals surface area contributed by atoms with Gasteiger partial charge in [0.05, 0.1) is 0 Å². The van der Waals surface area contributed by atoms with Gasteiger partial charge in [0.15, 0.2) is 9.84 Å². The van der Waals surface area contributed by atoms with Gasteiger partial charge in [0.2, 0.25) is 4.93 Å². The van der Waals surface area contributed by atoms with Crippen molar-refractivity contribution in [2.24, 2.45) is 0 Å². The Morgan fingerprint density at radius 2 is 1.95 bits per heavy atom. The van der Waals surface area contributed by atoms with Crippen molar-refractivity contribution in [3.63, 3.8) is 0 Å². The normalized spacial score (nSPS) is 15.4. The molecule has 0 aliphatic heterocycles. The van der Waals surface area contributed by atoms with Crippen LogP contribution < -0.4 is 0 Å². The van der Waals surface area contributed by atoms with Gasteiger partial charge < -0.3 is 9.84 Å². The van der Waals surface area contributed by atoms with Crippen LogP contribution in [0.5, 0.6) is 0 Å². The number of halogens is 1. The summed E-state index contributed by atoms with van der Waals surface area (Å²) in [7, 11) is -3.80. The first-order chi connectivity index (χ1) is 9.59. The van der Waals surface area contributed by atoms with E-state index in [1.165, 1.54) is 30.3 Å². The van der Waals surface area contributed by atoms with Gasteiger partial charge >= 0.3 is 0 Å². The third kappa shape index (κ3) is 4.15. The molecule has 0 aliphatic rings. The molecule has 0 heterocycles. The number of aliphatic hydroxyl groups is 1. The second-order valence-electron chi connectivity index (χ2n) is 4.76. The molecule has 116 valence electrons. The zero-order valence-corrected chi connectivity index (χ0v) is 13.1. The minimum absolute atomic E-state index is 0.123. The summed E-state index contributed by atoms with van der Waals surface area (Å²) >= 11 is 0. The minimum Gasteiger partial charge on any atom is -0.458 e. The molecule has 4 nitrogen and oxygen atoms in total. The summed E-state index contributed by atoms with van der Waals surface area (Å²) in [6, 6.07) is 5.39. The Kier molecular flexibility index (Phi) is 5.31. The summed E-state index contributed by atoms with van der Waals surface area (Å²) < 4.78 is 41.7. The van der Waals surface area contributed by atoms with Crippen molar-refractivity contribution < 1.29 is 22.7 Å². The number of hydrogen-bond donors (Lipinski definition) is 1. The zero-order valence-electron chi connectivity index (χ0n) is 12.3. The third-order valence-corrected chi connectivity index (χ3v) is 4.61. The summed E-state index contributed by atoms with van der Waals surface area (Å²) in [5.74, 6) is -0.403. The van der Waals surface area contributed by atoms with Crippen molar-refractivity contribution in [2.75, 3.05) is 6.26 Å². The Balaban J connectivity index is 3.08. The van der Waals surface area contributed by atoms with Crippen LogP contribution in [0.2, 0.25) is 0 Å². The van der Waals surface area contributed by atoms with Gasteiger partial charge in [-0.25, -0.2) is 12.8 Å². The first-order valence-corrected chi connectivity index (χ1v) is 8.24. The maximum Gasteiger partial charge on any atom is 0.220 e. The van der Waals surface area contributed by atoms with Gasteiger partial charge in [0, 0.05) is 11.8 Å². The molecule has 0 saturated carbocycles. The van der Waals surface area contributed by atoms with Gasteiger partial charge in [0.1, 0.15) is 17.3 Å². The topological polar surface area (TPSA) is 63.6 Å². The molecule has 1 aromatic carbocycles. The highest BCUT2D eigenvalue weighted by Crippen LogP contribution is 2.29. The lowest BCUT2D eigenvalue weighted by Gasteiger charge is -2.25. The number of allylic oxidation sites excluding steroid dienone is 1. The van der Waals surface area contributed by atoms with Gasteiger partial charge in [0.25, 0.3) is 0 Å². The van der Waals surface area contributed by atoms with E-state index in [1.54, 1.807) is 6.92 Å². The summed E-state index contributed by atoms with van der Waals surface area (Å²) in [4.78, 5) is -2.16. The predicted octanol–water partition coefficient (Wildman–Crippen LogP) is 2.86. The van der Waals surface area contributed by atoms with Crippen molar-refractivity contribution in [1.29, 1.82) is 0 Å². The number of sulfone groups is 1. The Hall–Kier alpha value is -1.66. The highest BCUT2D eigenvalue weighted by atomic mass is 32.2. The molecular formula is C15H19FO4S. The van der Waals surface area contributed by atoms with Crippen LogP contribution in [-0.4, -0.2) is 24.7 Å². The SMILES string of the molecule is C=C(OC(=CCC)C(C)(O)S(C)(=O)=O)c1ccc(F)cc1. The lowest BCUT2D eigenvalue weighted by atomic mass is 10.2. The van der Waals surface area contributed by atoms with Crippen LogP contribution in [0.25, 0.3) is 5.76 Å². The highest BCUT2D eigenvalue weighted by Gasteiger charge is 2.39. The summed E-state index contributed by atoms with van der Waals surface area (Å²) in [5, 5.41) is 10.2. The molecule has 0 spiro atoms. The molecule has 0 aromatic heterocycles. The first kappa shape index (κ1) is 17.4. The molecule has 1 aromatic rings. The number of benzene rings is 1. The fourth-order valence-electron chi connectivity index (χ4n) is 1.52. The second-order valence-corrected chi connectivity index (χ2v) is 7.10. The molecule has 0 amide bonds. The molecule has 21 heavy (non-hydrogen) atoms. The number of ether oxygens (including phenoxy) is 1. The second kappa shape index (κ2) is 6.41. The van der Waals surface area contributed by atoms with E-state index in [-0.39, 0.29) is 11.5 Å². The van der Waals surface area contributed by atoms with Crippen LogP contribution in [0.1, 0.15) is 25.8 Å². The lowest BCUT2D eigenvalue weighted by Crippen LogP contribution is -2.37. The number of hydrogen-bond acceptors (Lipinski definition) is 4. The van der Waals surface area contributed by atoms with E-state index >= 15 is 0 Å². The standard InChI is InChI=1S/C15H19FO4S/c1-5-6-14(15(3,17)21(4,18)19)20-11(2)12-7-9-13(16)10-8-12/h6-10,17H,2,5H2,1,3-4H3. The Morgan fingerprint density at radius 1 is 1.43 bits per heavy atom. The zero-order chi connectivity index (χ0) is 16.3. The molecule has 0 saturated heterocycles. The van der Waals surface area contributed by atoms with Crippen LogP contribution >= 0.6 is 0 Å². The lowest BCUT2D eigenvalue weighted by molar-refractivity contribution is 0.125. The predicted molar refractivity (Wildman–Crippen MR) is 80.4 cm³/mol. The molecule has 0 bridgehead atoms. The molecule has 1 N–H and O–H groups in total. The van der Waals surface area contributed by atoms with Crippen molar-refractivity contribution in [3.8, 4) is 0 Å². The van der Waals surface area contributed by atoms with Gasteiger partial charge in [-0.1, -0.05) is 13.5 Å². The average molecular weight is 314 g/mol. The number of rotatable bonds is 6. The molecule has 0 fully saturated rings. The summed E-state index contributed by atoms with van der Waals surface area (Å²) in [5.41, 5.74) is 0.489. The average Bonchev–Trinajstić information content (AvgIpc) is 2.37. The van der Waals surface area contributed by atoms with Crippen molar-refractivity contribution >= 4 is 15.6 Å². The molecule has 0 aliphatic carbocycles. The van der Waals surface area contributed by atoms with Gasteiger partial charge in [-0.15, -0.1) is 0 Å². The maximum absolute atomic E-state index is 12.9. The van der Waals surface area contributed by atoms with Crippen LogP contribution in [0.3, 0.4) is 0 Å². The fourth-order valence-corrected chi connectivity index (χ4v) is 2.01. The third-order valence-electron chi connectivity index (χ3n) is 2.97. The van der Waals surface area contributed by atoms with Crippen molar-refractivity contribution in [2.45, 2.75) is 25.2 Å². The molecule has 1 unspecified atom stereocenters. The van der Waals surface area contributed by atoms with E-state index in [1.807, 2.05) is 0 Å². The van der Waals surface area contributed by atoms with Crippen molar-refractivity contribution in [3.05, 3.63) is 54.1 Å². The van der Waals surface area contributed by atoms with E-state index in [0.717, 1.165) is 13.2 Å². The van der Waals surface area contributed by atoms with Gasteiger partial charge in [-0.05, 0) is 43.7 Å². The monoisotopic (exact) mass is 314 g/mol. The van der Waals surface area contributed by atoms with E-state index in [0.29, 0.717) is 12.0 Å². The van der Waals surface area contributed by atoms with Crippen molar-refractivity contribution in [1.82, 2.24) is 0 Å². The minimum atomic E-state index is -3.80. The molecule has 1 atom stereocenters. The highest BCUT2D eigenvalue weighted by molar-refractivity contribution is 7.92. The first-order valence-electron chi connectivity index (χ1n) is 6.35. The van der Waals surface area contributed by atoms with E-state index in [2.05, 4.69) is 6.58 Å². The quantitative estimate of drug-likeness (QED) is 0.820. The van der Waals surface area contributed by atoms with Crippen LogP contribution in [0, 0.1) is 5.82 Å². The summed E-state index contributed by atoms with van der Waals surface area (Å²) in [6.45, 7) is 6.60. The molecular weight excluding hydrogens is 295 g/mol. The van der Waals surface area contributed by atoms with Crippen LogP contribution in [-0.2, 0) is 14.6 Å².